The van der Waals surface area contributed by atoms with Gasteiger partial charge in [-0.1, -0.05) is 35.4 Å². The number of carbonyl (C=O) groups excluding carboxylic acids is 1. The van der Waals surface area contributed by atoms with Crippen molar-refractivity contribution in [3.8, 4) is 5.75 Å². The number of para-hydroxylation sites is 1. The summed E-state index contributed by atoms with van der Waals surface area (Å²) >= 11 is 0. The first-order valence-corrected chi connectivity index (χ1v) is 7.79. The van der Waals surface area contributed by atoms with Crippen LogP contribution in [0.1, 0.15) is 33.5 Å². The van der Waals surface area contributed by atoms with Crippen LogP contribution >= 0.6 is 0 Å². The quantitative estimate of drug-likeness (QED) is 0.916. The normalized spacial score (nSPS) is 19.6. The van der Waals surface area contributed by atoms with Gasteiger partial charge in [0.2, 0.25) is 0 Å². The van der Waals surface area contributed by atoms with E-state index in [9.17, 15) is 9.90 Å². The van der Waals surface area contributed by atoms with E-state index in [1.165, 1.54) is 0 Å². The number of nitrogens with one attached hydrogen (secondary N) is 1. The molecule has 23 heavy (non-hydrogen) atoms. The van der Waals surface area contributed by atoms with Crippen molar-refractivity contribution >= 4 is 5.91 Å². The highest BCUT2D eigenvalue weighted by molar-refractivity contribution is 5.94. The zero-order valence-electron chi connectivity index (χ0n) is 13.4. The molecule has 0 aromatic heterocycles. The van der Waals surface area contributed by atoms with Gasteiger partial charge >= 0.3 is 0 Å². The Labute approximate surface area is 136 Å². The summed E-state index contributed by atoms with van der Waals surface area (Å²) < 4.78 is 5.57. The molecule has 3 rings (SSSR count). The monoisotopic (exact) mass is 311 g/mol. The molecule has 1 amide bonds. The highest BCUT2D eigenvalue weighted by Crippen LogP contribution is 2.36. The van der Waals surface area contributed by atoms with Gasteiger partial charge in [-0.15, -0.1) is 0 Å². The summed E-state index contributed by atoms with van der Waals surface area (Å²) in [5.41, 5.74) is 2.34. The Kier molecular flexibility index (Phi) is 4.09. The summed E-state index contributed by atoms with van der Waals surface area (Å²) in [7, 11) is 0. The fourth-order valence-corrected chi connectivity index (χ4v) is 3.06. The van der Waals surface area contributed by atoms with E-state index in [-0.39, 0.29) is 12.5 Å². The molecule has 4 heteroatoms. The number of ether oxygens (including phenoxy) is 1. The molecule has 120 valence electrons. The van der Waals surface area contributed by atoms with Crippen molar-refractivity contribution in [3.63, 3.8) is 0 Å². The molecule has 1 unspecified atom stereocenters. The number of fused-ring (bicyclic) bond motifs is 1. The summed E-state index contributed by atoms with van der Waals surface area (Å²) in [5.74, 6) is 0.510. The van der Waals surface area contributed by atoms with E-state index < -0.39 is 5.60 Å². The van der Waals surface area contributed by atoms with Crippen molar-refractivity contribution in [2.24, 2.45) is 0 Å². The molecule has 0 radical (unpaired) electrons. The zero-order valence-corrected chi connectivity index (χ0v) is 13.4. The van der Waals surface area contributed by atoms with Gasteiger partial charge in [-0.05, 0) is 32.0 Å². The Hall–Kier alpha value is -2.33. The van der Waals surface area contributed by atoms with Crippen LogP contribution in [0.15, 0.2) is 42.5 Å². The van der Waals surface area contributed by atoms with E-state index in [2.05, 4.69) is 5.32 Å². The second-order valence-corrected chi connectivity index (χ2v) is 6.19. The summed E-state index contributed by atoms with van der Waals surface area (Å²) in [5, 5.41) is 13.8. The lowest BCUT2D eigenvalue weighted by Gasteiger charge is -2.34. The van der Waals surface area contributed by atoms with Gasteiger partial charge in [-0.25, -0.2) is 0 Å². The smallest absolute Gasteiger partial charge is 0.251 e. The van der Waals surface area contributed by atoms with Crippen molar-refractivity contribution in [1.29, 1.82) is 0 Å². The van der Waals surface area contributed by atoms with Gasteiger partial charge in [-0.2, -0.15) is 0 Å². The zero-order chi connectivity index (χ0) is 16.4. The molecule has 1 aliphatic rings. The lowest BCUT2D eigenvalue weighted by molar-refractivity contribution is -0.00160. The van der Waals surface area contributed by atoms with Crippen LogP contribution in [-0.4, -0.2) is 24.2 Å². The van der Waals surface area contributed by atoms with Crippen LogP contribution in [0.25, 0.3) is 0 Å². The molecule has 2 aromatic carbocycles. The minimum Gasteiger partial charge on any atom is -0.493 e. The molecule has 1 heterocycles. The van der Waals surface area contributed by atoms with Gasteiger partial charge in [0.05, 0.1) is 13.2 Å². The van der Waals surface area contributed by atoms with Crippen LogP contribution in [0, 0.1) is 13.8 Å². The Morgan fingerprint density at radius 3 is 2.65 bits per heavy atom. The van der Waals surface area contributed by atoms with Crippen LogP contribution < -0.4 is 10.1 Å². The van der Waals surface area contributed by atoms with Crippen LogP contribution in [0.2, 0.25) is 0 Å². The SMILES string of the molecule is Cc1cc(C)cc(C(=O)NCC2(O)CCOc3ccccc32)c1. The number of rotatable bonds is 3. The first-order chi connectivity index (χ1) is 11.0. The minimum atomic E-state index is -1.09. The van der Waals surface area contributed by atoms with Crippen LogP contribution in [0.4, 0.5) is 0 Å². The fourth-order valence-electron chi connectivity index (χ4n) is 3.06. The third-order valence-electron chi connectivity index (χ3n) is 4.19. The Morgan fingerprint density at radius 1 is 1.22 bits per heavy atom. The summed E-state index contributed by atoms with van der Waals surface area (Å²) in [4.78, 5) is 12.4. The van der Waals surface area contributed by atoms with Crippen LogP contribution in [0.3, 0.4) is 0 Å². The first kappa shape index (κ1) is 15.6. The molecule has 2 N–H and O–H groups in total. The third kappa shape index (κ3) is 3.22. The summed E-state index contributed by atoms with van der Waals surface area (Å²) in [6, 6.07) is 13.2. The van der Waals surface area contributed by atoms with Gasteiger partial charge in [0.1, 0.15) is 11.4 Å². The molecular formula is C19H21NO3. The minimum absolute atomic E-state index is 0.166. The second kappa shape index (κ2) is 6.05. The predicted molar refractivity (Wildman–Crippen MR) is 88.7 cm³/mol. The lowest BCUT2D eigenvalue weighted by atomic mass is 9.88. The fraction of sp³-hybridized carbons (Fsp3) is 0.316. The van der Waals surface area contributed by atoms with E-state index in [4.69, 9.17) is 4.74 Å². The number of hydrogen-bond donors (Lipinski definition) is 2. The molecule has 0 saturated carbocycles. The highest BCUT2D eigenvalue weighted by Gasteiger charge is 2.35. The third-order valence-corrected chi connectivity index (χ3v) is 4.19. The van der Waals surface area contributed by atoms with Gasteiger partial charge in [-0.3, -0.25) is 4.79 Å². The molecule has 1 aliphatic heterocycles. The van der Waals surface area contributed by atoms with Crippen LogP contribution in [-0.2, 0) is 5.60 Å². The number of aryl methyl sites for hydroxylation is 2. The molecule has 0 fully saturated rings. The number of hydrogen-bond acceptors (Lipinski definition) is 3. The largest absolute Gasteiger partial charge is 0.493 e. The van der Waals surface area contributed by atoms with E-state index in [0.29, 0.717) is 24.3 Å². The van der Waals surface area contributed by atoms with Gasteiger partial charge in [0.15, 0.2) is 0 Å². The molecule has 0 aliphatic carbocycles. The number of aliphatic hydroxyl groups is 1. The van der Waals surface area contributed by atoms with Crippen molar-refractivity contribution in [1.82, 2.24) is 5.32 Å². The van der Waals surface area contributed by atoms with Crippen molar-refractivity contribution in [3.05, 3.63) is 64.7 Å². The highest BCUT2D eigenvalue weighted by atomic mass is 16.5. The molecule has 0 spiro atoms. The predicted octanol–water partition coefficient (Wildman–Crippen LogP) is 2.70. The average molecular weight is 311 g/mol. The van der Waals surface area contributed by atoms with E-state index in [1.54, 1.807) is 0 Å². The van der Waals surface area contributed by atoms with Crippen molar-refractivity contribution in [2.75, 3.05) is 13.2 Å². The maximum absolute atomic E-state index is 12.4. The van der Waals surface area contributed by atoms with Gasteiger partial charge in [0, 0.05) is 17.5 Å². The van der Waals surface area contributed by atoms with Crippen molar-refractivity contribution < 1.29 is 14.6 Å². The molecular weight excluding hydrogens is 290 g/mol. The average Bonchev–Trinajstić information content (AvgIpc) is 2.52. The Balaban J connectivity index is 1.76. The molecule has 0 bridgehead atoms. The Bertz CT molecular complexity index is 721. The summed E-state index contributed by atoms with van der Waals surface area (Å²) in [6.07, 6.45) is 0.455. The lowest BCUT2D eigenvalue weighted by Crippen LogP contribution is -2.43. The number of amides is 1. The maximum atomic E-state index is 12.4. The standard InChI is InChI=1S/C19H21NO3/c1-13-9-14(2)11-15(10-13)18(21)20-12-19(22)7-8-23-17-6-4-3-5-16(17)19/h3-6,9-11,22H,7-8,12H2,1-2H3,(H,20,21). The maximum Gasteiger partial charge on any atom is 0.251 e. The van der Waals surface area contributed by atoms with Gasteiger partial charge in [0.25, 0.3) is 5.91 Å². The van der Waals surface area contributed by atoms with E-state index in [1.807, 2.05) is 56.3 Å². The van der Waals surface area contributed by atoms with Crippen LogP contribution in [0.5, 0.6) is 5.75 Å². The molecule has 0 saturated heterocycles. The molecule has 4 nitrogen and oxygen atoms in total. The van der Waals surface area contributed by atoms with E-state index in [0.717, 1.165) is 16.7 Å². The van der Waals surface area contributed by atoms with Crippen molar-refractivity contribution in [2.45, 2.75) is 25.9 Å². The second-order valence-electron chi connectivity index (χ2n) is 6.19. The molecule has 1 atom stereocenters. The molecule has 2 aromatic rings. The topological polar surface area (TPSA) is 58.6 Å². The summed E-state index contributed by atoms with van der Waals surface area (Å²) in [6.45, 7) is 4.53. The van der Waals surface area contributed by atoms with Gasteiger partial charge < -0.3 is 15.2 Å². The number of carbonyl (C=O) groups is 1. The first-order valence-electron chi connectivity index (χ1n) is 7.79. The van der Waals surface area contributed by atoms with E-state index >= 15 is 0 Å². The number of benzene rings is 2. The Morgan fingerprint density at radius 2 is 1.91 bits per heavy atom.